The van der Waals surface area contributed by atoms with E-state index in [1.54, 1.807) is 6.08 Å². The summed E-state index contributed by atoms with van der Waals surface area (Å²) in [6.45, 7) is 4.54. The summed E-state index contributed by atoms with van der Waals surface area (Å²) >= 11 is 0. The van der Waals surface area contributed by atoms with E-state index in [4.69, 9.17) is 4.74 Å². The minimum atomic E-state index is -0.277. The Morgan fingerprint density at radius 1 is 1.30 bits per heavy atom. The van der Waals surface area contributed by atoms with Crippen molar-refractivity contribution in [1.82, 2.24) is 0 Å². The van der Waals surface area contributed by atoms with Crippen molar-refractivity contribution in [2.24, 2.45) is 17.3 Å². The number of carbonyl (C=O) groups excluding carboxylic acids is 1. The van der Waals surface area contributed by atoms with Crippen LogP contribution in [0, 0.1) is 17.3 Å². The summed E-state index contributed by atoms with van der Waals surface area (Å²) in [5.74, 6) is 1.77. The normalized spacial score (nSPS) is 26.8. The van der Waals surface area contributed by atoms with E-state index in [0.717, 1.165) is 30.1 Å². The highest BCUT2D eigenvalue weighted by Gasteiger charge is 2.52. The number of hydrogen-bond acceptors (Lipinski definition) is 2. The highest BCUT2D eigenvalue weighted by Crippen LogP contribution is 2.59. The molecule has 104 valence electrons. The fourth-order valence-corrected chi connectivity index (χ4v) is 3.29. The lowest BCUT2D eigenvalue weighted by atomic mass is 9.50. The molecular formula is C18H20O2. The molecule has 0 heterocycles. The van der Waals surface area contributed by atoms with E-state index in [1.807, 2.05) is 30.3 Å². The lowest BCUT2D eigenvalue weighted by molar-refractivity contribution is -0.139. The van der Waals surface area contributed by atoms with Crippen LogP contribution in [0.1, 0.15) is 32.3 Å². The summed E-state index contributed by atoms with van der Waals surface area (Å²) in [7, 11) is 0. The van der Waals surface area contributed by atoms with Crippen LogP contribution in [0.5, 0.6) is 0 Å². The van der Waals surface area contributed by atoms with Crippen LogP contribution in [0.4, 0.5) is 0 Å². The molecular weight excluding hydrogens is 248 g/mol. The van der Waals surface area contributed by atoms with Gasteiger partial charge in [0.1, 0.15) is 5.76 Å². The van der Waals surface area contributed by atoms with Gasteiger partial charge in [0.15, 0.2) is 0 Å². The molecule has 3 aliphatic rings. The first-order valence-electron chi connectivity index (χ1n) is 7.22. The van der Waals surface area contributed by atoms with Crippen LogP contribution in [0.3, 0.4) is 0 Å². The van der Waals surface area contributed by atoms with Gasteiger partial charge in [0.2, 0.25) is 0 Å². The van der Waals surface area contributed by atoms with Crippen LogP contribution in [0.2, 0.25) is 0 Å². The molecule has 0 N–H and O–H groups in total. The van der Waals surface area contributed by atoms with Crippen molar-refractivity contribution < 1.29 is 9.53 Å². The zero-order valence-corrected chi connectivity index (χ0v) is 12.0. The first-order chi connectivity index (χ1) is 9.57. The van der Waals surface area contributed by atoms with Crippen LogP contribution in [0.25, 0.3) is 6.08 Å². The lowest BCUT2D eigenvalue weighted by Gasteiger charge is -2.55. The van der Waals surface area contributed by atoms with Crippen LogP contribution >= 0.6 is 0 Å². The minimum Gasteiger partial charge on any atom is -0.428 e. The van der Waals surface area contributed by atoms with E-state index >= 15 is 0 Å². The van der Waals surface area contributed by atoms with Crippen molar-refractivity contribution in [2.75, 3.05) is 0 Å². The molecule has 3 aliphatic carbocycles. The van der Waals surface area contributed by atoms with Crippen molar-refractivity contribution in [3.8, 4) is 0 Å². The van der Waals surface area contributed by atoms with Gasteiger partial charge in [0.05, 0.1) is 0 Å². The first-order valence-corrected chi connectivity index (χ1v) is 7.22. The molecule has 1 aromatic carbocycles. The summed E-state index contributed by atoms with van der Waals surface area (Å²) in [5, 5.41) is 0. The molecule has 0 aliphatic heterocycles. The molecule has 1 aromatic rings. The zero-order valence-electron chi connectivity index (χ0n) is 12.0. The Kier molecular flexibility index (Phi) is 3.25. The second-order valence-corrected chi connectivity index (χ2v) is 6.31. The van der Waals surface area contributed by atoms with Gasteiger partial charge in [-0.2, -0.15) is 0 Å². The van der Waals surface area contributed by atoms with Gasteiger partial charge in [-0.05, 0) is 41.9 Å². The number of allylic oxidation sites excluding steroid dienone is 2. The summed E-state index contributed by atoms with van der Waals surface area (Å²) in [4.78, 5) is 11.9. The second kappa shape index (κ2) is 4.93. The van der Waals surface area contributed by atoms with Gasteiger partial charge in [-0.3, -0.25) is 0 Å². The highest BCUT2D eigenvalue weighted by atomic mass is 16.5. The fraction of sp³-hybridized carbons (Fsp3) is 0.389. The Balaban J connectivity index is 1.63. The SMILES string of the molecule is CC1(C)[C@H]2CC=C(OC(=O)C=Cc3ccccc3)[C@@H]1C2. The quantitative estimate of drug-likeness (QED) is 0.607. The molecule has 1 saturated carbocycles. The molecule has 2 heteroatoms. The van der Waals surface area contributed by atoms with Crippen molar-refractivity contribution in [3.63, 3.8) is 0 Å². The number of hydrogen-bond donors (Lipinski definition) is 0. The Labute approximate surface area is 120 Å². The maximum atomic E-state index is 11.9. The average Bonchev–Trinajstić information content (AvgIpc) is 2.46. The third-order valence-electron chi connectivity index (χ3n) is 4.85. The molecule has 2 atom stereocenters. The summed E-state index contributed by atoms with van der Waals surface area (Å²) < 4.78 is 5.53. The topological polar surface area (TPSA) is 26.3 Å². The second-order valence-electron chi connectivity index (χ2n) is 6.31. The van der Waals surface area contributed by atoms with E-state index < -0.39 is 0 Å². The molecule has 0 spiro atoms. The fourth-order valence-electron chi connectivity index (χ4n) is 3.29. The maximum absolute atomic E-state index is 11.9. The maximum Gasteiger partial charge on any atom is 0.335 e. The monoisotopic (exact) mass is 268 g/mol. The number of ether oxygens (including phenoxy) is 1. The van der Waals surface area contributed by atoms with Gasteiger partial charge in [0, 0.05) is 12.0 Å². The van der Waals surface area contributed by atoms with Gasteiger partial charge in [-0.1, -0.05) is 44.2 Å². The molecule has 0 amide bonds. The lowest BCUT2D eigenvalue weighted by Crippen LogP contribution is -2.48. The van der Waals surface area contributed by atoms with E-state index in [0.29, 0.717) is 5.92 Å². The van der Waals surface area contributed by atoms with E-state index in [1.165, 1.54) is 6.08 Å². The largest absolute Gasteiger partial charge is 0.428 e. The Morgan fingerprint density at radius 3 is 2.70 bits per heavy atom. The zero-order chi connectivity index (χ0) is 14.2. The standard InChI is InChI=1S/C18H20O2/c1-18(2)14-9-10-16(15(18)12-14)20-17(19)11-8-13-6-4-3-5-7-13/h3-8,10-11,14-15H,9,12H2,1-2H3/t14-,15-/m0/s1. The van der Waals surface area contributed by atoms with Crippen molar-refractivity contribution in [2.45, 2.75) is 26.7 Å². The average molecular weight is 268 g/mol. The van der Waals surface area contributed by atoms with Crippen LogP contribution in [-0.2, 0) is 9.53 Å². The predicted molar refractivity (Wildman–Crippen MR) is 79.6 cm³/mol. The Morgan fingerprint density at radius 2 is 2.05 bits per heavy atom. The van der Waals surface area contributed by atoms with Crippen LogP contribution < -0.4 is 0 Å². The predicted octanol–water partition coefficient (Wildman–Crippen LogP) is 4.19. The number of esters is 1. The molecule has 0 unspecified atom stereocenters. The number of benzene rings is 1. The molecule has 20 heavy (non-hydrogen) atoms. The molecule has 0 saturated heterocycles. The number of fused-ring (bicyclic) bond motifs is 1. The van der Waals surface area contributed by atoms with Crippen LogP contribution in [0.15, 0.2) is 48.2 Å². The summed E-state index contributed by atoms with van der Waals surface area (Å²) in [6, 6.07) is 9.78. The van der Waals surface area contributed by atoms with Gasteiger partial charge in [-0.15, -0.1) is 0 Å². The molecule has 0 aromatic heterocycles. The summed E-state index contributed by atoms with van der Waals surface area (Å²) in [6.07, 6.45) is 7.59. The van der Waals surface area contributed by atoms with E-state index in [2.05, 4.69) is 19.9 Å². The van der Waals surface area contributed by atoms with Gasteiger partial charge in [-0.25, -0.2) is 4.79 Å². The third kappa shape index (κ3) is 2.31. The number of rotatable bonds is 3. The van der Waals surface area contributed by atoms with E-state index in [9.17, 15) is 4.79 Å². The Bertz CT molecular complexity index is 566. The number of carbonyl (C=O) groups is 1. The molecule has 4 rings (SSSR count). The smallest absolute Gasteiger partial charge is 0.335 e. The molecule has 2 nitrogen and oxygen atoms in total. The van der Waals surface area contributed by atoms with E-state index in [-0.39, 0.29) is 11.4 Å². The molecule has 2 bridgehead atoms. The van der Waals surface area contributed by atoms with Crippen molar-refractivity contribution in [1.29, 1.82) is 0 Å². The van der Waals surface area contributed by atoms with Gasteiger partial charge >= 0.3 is 5.97 Å². The molecule has 1 fully saturated rings. The minimum absolute atomic E-state index is 0.277. The van der Waals surface area contributed by atoms with Gasteiger partial charge in [0.25, 0.3) is 0 Å². The van der Waals surface area contributed by atoms with Crippen molar-refractivity contribution in [3.05, 3.63) is 53.8 Å². The Hall–Kier alpha value is -1.83. The highest BCUT2D eigenvalue weighted by molar-refractivity contribution is 5.87. The third-order valence-corrected chi connectivity index (χ3v) is 4.85. The van der Waals surface area contributed by atoms with Crippen molar-refractivity contribution >= 4 is 12.0 Å². The molecule has 0 radical (unpaired) electrons. The first kappa shape index (κ1) is 13.2. The van der Waals surface area contributed by atoms with Gasteiger partial charge < -0.3 is 4.74 Å². The summed E-state index contributed by atoms with van der Waals surface area (Å²) in [5.41, 5.74) is 1.29. The van der Waals surface area contributed by atoms with Crippen LogP contribution in [-0.4, -0.2) is 5.97 Å².